The van der Waals surface area contributed by atoms with Gasteiger partial charge in [-0.3, -0.25) is 0 Å². The van der Waals surface area contributed by atoms with Gasteiger partial charge in [0.25, 0.3) is 0 Å². The molecule has 3 heteroatoms. The average molecular weight is 441 g/mol. The summed E-state index contributed by atoms with van der Waals surface area (Å²) in [6.45, 7) is 1.93. The van der Waals surface area contributed by atoms with Crippen LogP contribution in [-0.2, 0) is 24.2 Å². The molecule has 0 radical (unpaired) electrons. The molecule has 0 aromatic rings. The molecule has 0 saturated heterocycles. The maximum atomic E-state index is 5.36. The van der Waals surface area contributed by atoms with Gasteiger partial charge in [0, 0.05) is 0 Å². The number of hydrogen-bond donors (Lipinski definition) is 0. The van der Waals surface area contributed by atoms with Crippen molar-refractivity contribution in [1.29, 1.82) is 0 Å². The summed E-state index contributed by atoms with van der Waals surface area (Å²) >= 11 is 12.0. The Morgan fingerprint density at radius 1 is 1.00 bits per heavy atom. The van der Waals surface area contributed by atoms with E-state index in [1.807, 2.05) is 6.92 Å². The number of halogens is 2. The first-order valence-electron chi connectivity index (χ1n) is 8.81. The third-order valence-electron chi connectivity index (χ3n) is 4.75. The van der Waals surface area contributed by atoms with Gasteiger partial charge in [0.05, 0.1) is 0 Å². The molecule has 128 valence electrons. The first-order valence-corrected chi connectivity index (χ1v) is 10.9. The Kier molecular flexibility index (Phi) is 9.24. The van der Waals surface area contributed by atoms with Gasteiger partial charge in [-0.1, -0.05) is 12.8 Å². The first-order chi connectivity index (χ1) is 11.6. The number of allylic oxidation sites excluding steroid dienone is 8. The summed E-state index contributed by atoms with van der Waals surface area (Å²) in [6.07, 6.45) is 26.1. The molecule has 2 atom stereocenters. The van der Waals surface area contributed by atoms with Gasteiger partial charge in [0.15, 0.2) is 0 Å². The Balaban J connectivity index is 0.000000134. The van der Waals surface area contributed by atoms with Crippen LogP contribution in [0, 0.1) is 24.7 Å². The van der Waals surface area contributed by atoms with E-state index in [-0.39, 0.29) is 4.84 Å². The predicted molar refractivity (Wildman–Crippen MR) is 104 cm³/mol. The van der Waals surface area contributed by atoms with Gasteiger partial charge in [-0.05, 0) is 24.7 Å². The molecule has 2 saturated carbocycles. The second kappa shape index (κ2) is 10.9. The zero-order valence-electron chi connectivity index (χ0n) is 14.3. The first kappa shape index (κ1) is 20.3. The van der Waals surface area contributed by atoms with Gasteiger partial charge in [-0.25, -0.2) is 36.1 Å². The van der Waals surface area contributed by atoms with Crippen LogP contribution in [0.2, 0.25) is 0 Å². The molecule has 0 amide bonds. The molecule has 4 aliphatic carbocycles. The van der Waals surface area contributed by atoms with E-state index in [1.165, 1.54) is 62.8 Å². The van der Waals surface area contributed by atoms with Crippen LogP contribution in [0.4, 0.5) is 0 Å². The zero-order chi connectivity index (χ0) is 17.4. The second-order valence-electron chi connectivity index (χ2n) is 6.60. The van der Waals surface area contributed by atoms with E-state index in [9.17, 15) is 0 Å². The standard InChI is InChI=1S/2C9H11.C3H4Cl2.Zr/c2*1-2-5-9-7-3-6-8(9)4-1;1-2-3(4)5;/h2*1-2,4,6,9H,3,5,7H2;3H,1H3;/q2*-1;;+2. The molecule has 2 fully saturated rings. The molecule has 4 rings (SSSR count). The number of rotatable bonds is 1. The van der Waals surface area contributed by atoms with E-state index in [0.29, 0.717) is 0 Å². The number of fused-ring (bicyclic) bond motifs is 2. The molecule has 0 nitrogen and oxygen atoms in total. The van der Waals surface area contributed by atoms with Crippen LogP contribution in [0.1, 0.15) is 45.4 Å². The van der Waals surface area contributed by atoms with Crippen molar-refractivity contribution in [1.82, 2.24) is 0 Å². The molecule has 0 bridgehead atoms. The van der Waals surface area contributed by atoms with E-state index in [2.05, 4.69) is 49.3 Å². The van der Waals surface area contributed by atoms with Crippen molar-refractivity contribution in [3.05, 3.63) is 60.4 Å². The van der Waals surface area contributed by atoms with Crippen LogP contribution >= 0.6 is 23.2 Å². The zero-order valence-corrected chi connectivity index (χ0v) is 18.3. The fourth-order valence-electron chi connectivity index (χ4n) is 3.33. The Hall–Kier alpha value is 0.0331. The van der Waals surface area contributed by atoms with Crippen LogP contribution in [0.15, 0.2) is 47.6 Å². The molecule has 2 unspecified atom stereocenters. The fourth-order valence-corrected chi connectivity index (χ4v) is 3.33. The van der Waals surface area contributed by atoms with Crippen LogP contribution in [0.25, 0.3) is 0 Å². The average Bonchev–Trinajstić information content (AvgIpc) is 3.24. The van der Waals surface area contributed by atoms with Crippen molar-refractivity contribution in [2.75, 3.05) is 0 Å². The van der Waals surface area contributed by atoms with Crippen molar-refractivity contribution < 1.29 is 24.2 Å². The second-order valence-corrected chi connectivity index (χ2v) is 9.64. The predicted octanol–water partition coefficient (Wildman–Crippen LogP) is 6.50. The normalized spacial score (nSPS) is 25.8. The molecule has 4 aliphatic rings. The summed E-state index contributed by atoms with van der Waals surface area (Å²) in [4.78, 5) is -0.247. The van der Waals surface area contributed by atoms with Crippen LogP contribution < -0.4 is 0 Å². The van der Waals surface area contributed by atoms with E-state index in [0.717, 1.165) is 15.0 Å². The van der Waals surface area contributed by atoms with E-state index in [4.69, 9.17) is 23.2 Å². The topological polar surface area (TPSA) is 0 Å². The maximum absolute atomic E-state index is 5.36. The molecular formula is C21H26Cl2Zr. The van der Waals surface area contributed by atoms with Gasteiger partial charge < -0.3 is 0 Å². The van der Waals surface area contributed by atoms with Gasteiger partial charge in [0.2, 0.25) is 0 Å². The van der Waals surface area contributed by atoms with Crippen LogP contribution in [-0.4, -0.2) is 8.04 Å². The fraction of sp³-hybridized carbons (Fsp3) is 0.476. The van der Waals surface area contributed by atoms with Crippen LogP contribution in [0.5, 0.6) is 0 Å². The Morgan fingerprint density at radius 2 is 1.42 bits per heavy atom. The summed E-state index contributed by atoms with van der Waals surface area (Å²) in [5.74, 6) is 1.77. The third kappa shape index (κ3) is 6.74. The molecular weight excluding hydrogens is 414 g/mol. The molecule has 24 heavy (non-hydrogen) atoms. The van der Waals surface area contributed by atoms with Crippen molar-refractivity contribution in [2.24, 2.45) is 11.8 Å². The molecule has 0 aromatic carbocycles. The molecule has 0 spiro atoms. The minimum absolute atomic E-state index is 0.247. The monoisotopic (exact) mass is 438 g/mol. The third-order valence-corrected chi connectivity index (χ3v) is 7.02. The summed E-state index contributed by atoms with van der Waals surface area (Å²) in [5, 5.41) is 0. The van der Waals surface area contributed by atoms with Gasteiger partial charge in [-0.15, -0.1) is 37.1 Å². The molecule has 0 heterocycles. The summed E-state index contributed by atoms with van der Waals surface area (Å²) in [5.41, 5.74) is 3.16. The van der Waals surface area contributed by atoms with Gasteiger partial charge >= 0.3 is 62.4 Å². The van der Waals surface area contributed by atoms with E-state index >= 15 is 0 Å². The van der Waals surface area contributed by atoms with E-state index in [1.54, 1.807) is 11.1 Å². The summed E-state index contributed by atoms with van der Waals surface area (Å²) in [7, 11) is 0. The Labute approximate surface area is 172 Å². The summed E-state index contributed by atoms with van der Waals surface area (Å²) < 4.78 is 1.13. The van der Waals surface area contributed by atoms with Crippen LogP contribution in [0.3, 0.4) is 0 Å². The molecule has 0 N–H and O–H groups in total. The molecule has 0 aromatic heterocycles. The Bertz CT molecular complexity index is 500. The minimum atomic E-state index is -0.247. The van der Waals surface area contributed by atoms with Crippen molar-refractivity contribution in [3.63, 3.8) is 0 Å². The van der Waals surface area contributed by atoms with Gasteiger partial charge in [-0.2, -0.15) is 0 Å². The van der Waals surface area contributed by atoms with Gasteiger partial charge in [0.1, 0.15) is 0 Å². The quantitative estimate of drug-likeness (QED) is 0.322. The van der Waals surface area contributed by atoms with Crippen molar-refractivity contribution in [2.45, 2.75) is 50.3 Å². The summed E-state index contributed by atoms with van der Waals surface area (Å²) in [6, 6.07) is 0. The van der Waals surface area contributed by atoms with Crippen molar-refractivity contribution >= 4 is 26.4 Å². The number of hydrogen-bond acceptors (Lipinski definition) is 0. The Morgan fingerprint density at radius 3 is 1.75 bits per heavy atom. The molecule has 0 aliphatic heterocycles. The number of alkyl halides is 2. The SMILES string of the molecule is C1=CCC2CC[CH-]C2=C1.C1=CCC2CC[CH-]C2=C1.C[C](=[Zr+2])C(Cl)Cl. The van der Waals surface area contributed by atoms with Crippen molar-refractivity contribution in [3.8, 4) is 0 Å². The van der Waals surface area contributed by atoms with E-state index < -0.39 is 0 Å².